The molecule has 5 nitrogen and oxygen atoms in total. The van der Waals surface area contributed by atoms with Crippen LogP contribution in [0.3, 0.4) is 0 Å². The number of aromatic nitrogens is 4. The Hall–Kier alpha value is -1.62. The highest BCUT2D eigenvalue weighted by Gasteiger charge is 2.01. The van der Waals surface area contributed by atoms with E-state index in [-0.39, 0.29) is 0 Å². The standard InChI is InChI=1S/C13H21N5/c1-3-6-14-9-12-10-16-18(11-12)8-5-13-4-7-15-17(13)2/h4,7,10-11,14H,3,5-6,8-9H2,1-2H3. The molecule has 0 aliphatic rings. The molecule has 2 rings (SSSR count). The minimum Gasteiger partial charge on any atom is -0.313 e. The van der Waals surface area contributed by atoms with Crippen molar-refractivity contribution in [1.82, 2.24) is 24.9 Å². The molecule has 98 valence electrons. The number of nitrogens with zero attached hydrogens (tertiary/aromatic N) is 4. The van der Waals surface area contributed by atoms with Crippen LogP contribution < -0.4 is 5.32 Å². The highest BCUT2D eigenvalue weighted by molar-refractivity contribution is 5.04. The highest BCUT2D eigenvalue weighted by atomic mass is 15.3. The van der Waals surface area contributed by atoms with E-state index in [4.69, 9.17) is 0 Å². The van der Waals surface area contributed by atoms with Crippen molar-refractivity contribution in [3.8, 4) is 0 Å². The van der Waals surface area contributed by atoms with Crippen LogP contribution in [0.15, 0.2) is 24.7 Å². The van der Waals surface area contributed by atoms with Gasteiger partial charge in [0.1, 0.15) is 0 Å². The minimum absolute atomic E-state index is 0.896. The molecule has 0 spiro atoms. The molecule has 2 heterocycles. The van der Waals surface area contributed by atoms with Gasteiger partial charge in [0.2, 0.25) is 0 Å². The molecule has 1 N–H and O–H groups in total. The second kappa shape index (κ2) is 6.35. The van der Waals surface area contributed by atoms with Gasteiger partial charge in [0.25, 0.3) is 0 Å². The first-order valence-corrected chi connectivity index (χ1v) is 6.48. The van der Waals surface area contributed by atoms with Crippen molar-refractivity contribution < 1.29 is 0 Å². The summed E-state index contributed by atoms with van der Waals surface area (Å²) in [5.41, 5.74) is 2.48. The van der Waals surface area contributed by atoms with Crippen LogP contribution in [0.1, 0.15) is 24.6 Å². The maximum absolute atomic E-state index is 4.37. The summed E-state index contributed by atoms with van der Waals surface area (Å²) in [5, 5.41) is 11.9. The van der Waals surface area contributed by atoms with Crippen LogP contribution in [0.25, 0.3) is 0 Å². The van der Waals surface area contributed by atoms with Crippen molar-refractivity contribution in [1.29, 1.82) is 0 Å². The van der Waals surface area contributed by atoms with Crippen molar-refractivity contribution in [2.45, 2.75) is 32.9 Å². The first-order valence-electron chi connectivity index (χ1n) is 6.48. The normalized spacial score (nSPS) is 11.0. The Balaban J connectivity index is 1.81. The second-order valence-corrected chi connectivity index (χ2v) is 4.48. The molecule has 0 aliphatic carbocycles. The summed E-state index contributed by atoms with van der Waals surface area (Å²) in [5.74, 6) is 0. The van der Waals surface area contributed by atoms with E-state index in [1.165, 1.54) is 11.3 Å². The lowest BCUT2D eigenvalue weighted by atomic mass is 10.3. The van der Waals surface area contributed by atoms with Crippen LogP contribution in [-0.4, -0.2) is 26.1 Å². The summed E-state index contributed by atoms with van der Waals surface area (Å²) in [6, 6.07) is 2.05. The van der Waals surface area contributed by atoms with Crippen molar-refractivity contribution >= 4 is 0 Å². The van der Waals surface area contributed by atoms with Gasteiger partial charge in [0.15, 0.2) is 0 Å². The summed E-state index contributed by atoms with van der Waals surface area (Å²) >= 11 is 0. The topological polar surface area (TPSA) is 47.7 Å². The van der Waals surface area contributed by atoms with Gasteiger partial charge in [0.05, 0.1) is 6.20 Å². The number of rotatable bonds is 7. The first-order chi connectivity index (χ1) is 8.79. The fourth-order valence-corrected chi connectivity index (χ4v) is 1.91. The molecule has 0 aromatic carbocycles. The quantitative estimate of drug-likeness (QED) is 0.752. The average molecular weight is 247 g/mol. The lowest BCUT2D eigenvalue weighted by Crippen LogP contribution is -2.13. The molecular weight excluding hydrogens is 226 g/mol. The molecule has 0 amide bonds. The van der Waals surface area contributed by atoms with Crippen molar-refractivity contribution in [3.63, 3.8) is 0 Å². The number of hydrogen-bond acceptors (Lipinski definition) is 3. The molecule has 0 fully saturated rings. The Morgan fingerprint density at radius 1 is 1.33 bits per heavy atom. The van der Waals surface area contributed by atoms with E-state index in [1.807, 2.05) is 34.9 Å². The molecule has 0 bridgehead atoms. The Morgan fingerprint density at radius 2 is 2.22 bits per heavy atom. The van der Waals surface area contributed by atoms with Gasteiger partial charge in [-0.1, -0.05) is 6.92 Å². The van der Waals surface area contributed by atoms with Crippen LogP contribution in [0, 0.1) is 0 Å². The van der Waals surface area contributed by atoms with E-state index in [2.05, 4.69) is 28.6 Å². The monoisotopic (exact) mass is 247 g/mol. The van der Waals surface area contributed by atoms with Gasteiger partial charge in [-0.25, -0.2) is 0 Å². The van der Waals surface area contributed by atoms with Crippen molar-refractivity contribution in [2.75, 3.05) is 6.54 Å². The van der Waals surface area contributed by atoms with Gasteiger partial charge in [0, 0.05) is 50.2 Å². The molecule has 5 heteroatoms. The Labute approximate surface area is 108 Å². The van der Waals surface area contributed by atoms with Gasteiger partial charge in [-0.3, -0.25) is 9.36 Å². The Morgan fingerprint density at radius 3 is 2.94 bits per heavy atom. The third-order valence-corrected chi connectivity index (χ3v) is 2.96. The smallest absolute Gasteiger partial charge is 0.0534 e. The summed E-state index contributed by atoms with van der Waals surface area (Å²) in [4.78, 5) is 0. The van der Waals surface area contributed by atoms with E-state index < -0.39 is 0 Å². The first kappa shape index (κ1) is 12.8. The molecule has 0 atom stereocenters. The Kier molecular flexibility index (Phi) is 4.52. The van der Waals surface area contributed by atoms with Crippen LogP contribution in [0.5, 0.6) is 0 Å². The fourth-order valence-electron chi connectivity index (χ4n) is 1.91. The van der Waals surface area contributed by atoms with Gasteiger partial charge in [-0.05, 0) is 19.0 Å². The Bertz CT molecular complexity index is 471. The number of hydrogen-bond donors (Lipinski definition) is 1. The SMILES string of the molecule is CCCNCc1cnn(CCc2ccnn2C)c1. The molecule has 0 radical (unpaired) electrons. The largest absolute Gasteiger partial charge is 0.313 e. The summed E-state index contributed by atoms with van der Waals surface area (Å²) < 4.78 is 3.91. The summed E-state index contributed by atoms with van der Waals surface area (Å²) in [6.45, 7) is 5.03. The molecule has 18 heavy (non-hydrogen) atoms. The average Bonchev–Trinajstić information content (AvgIpc) is 2.96. The predicted octanol–water partition coefficient (Wildman–Crippen LogP) is 1.36. The highest BCUT2D eigenvalue weighted by Crippen LogP contribution is 2.02. The lowest BCUT2D eigenvalue weighted by molar-refractivity contribution is 0.585. The van der Waals surface area contributed by atoms with E-state index in [1.54, 1.807) is 0 Å². The summed E-state index contributed by atoms with van der Waals surface area (Å²) in [7, 11) is 1.97. The minimum atomic E-state index is 0.896. The molecule has 0 unspecified atom stereocenters. The molecule has 0 saturated carbocycles. The van der Waals surface area contributed by atoms with E-state index >= 15 is 0 Å². The summed E-state index contributed by atoms with van der Waals surface area (Å²) in [6.07, 6.45) is 8.00. The zero-order chi connectivity index (χ0) is 12.8. The fraction of sp³-hybridized carbons (Fsp3) is 0.538. The van der Waals surface area contributed by atoms with E-state index in [9.17, 15) is 0 Å². The van der Waals surface area contributed by atoms with Crippen LogP contribution in [0.4, 0.5) is 0 Å². The van der Waals surface area contributed by atoms with Crippen LogP contribution in [0.2, 0.25) is 0 Å². The zero-order valence-electron chi connectivity index (χ0n) is 11.1. The molecule has 0 saturated heterocycles. The maximum Gasteiger partial charge on any atom is 0.0534 e. The number of aryl methyl sites for hydroxylation is 3. The molecule has 2 aromatic rings. The lowest BCUT2D eigenvalue weighted by Gasteiger charge is -2.02. The predicted molar refractivity (Wildman–Crippen MR) is 71.1 cm³/mol. The van der Waals surface area contributed by atoms with Gasteiger partial charge >= 0.3 is 0 Å². The van der Waals surface area contributed by atoms with E-state index in [0.717, 1.165) is 32.5 Å². The van der Waals surface area contributed by atoms with E-state index in [0.29, 0.717) is 0 Å². The van der Waals surface area contributed by atoms with Crippen molar-refractivity contribution in [2.24, 2.45) is 7.05 Å². The third kappa shape index (κ3) is 3.43. The van der Waals surface area contributed by atoms with Gasteiger partial charge in [-0.15, -0.1) is 0 Å². The van der Waals surface area contributed by atoms with Crippen molar-refractivity contribution in [3.05, 3.63) is 35.9 Å². The van der Waals surface area contributed by atoms with Crippen LogP contribution >= 0.6 is 0 Å². The molecule has 2 aromatic heterocycles. The molecular formula is C13H21N5. The maximum atomic E-state index is 4.37. The third-order valence-electron chi connectivity index (χ3n) is 2.96. The van der Waals surface area contributed by atoms with Crippen LogP contribution in [-0.2, 0) is 26.6 Å². The van der Waals surface area contributed by atoms with Gasteiger partial charge < -0.3 is 5.32 Å². The molecule has 0 aliphatic heterocycles. The second-order valence-electron chi connectivity index (χ2n) is 4.48. The van der Waals surface area contributed by atoms with Gasteiger partial charge in [-0.2, -0.15) is 10.2 Å². The number of nitrogens with one attached hydrogen (secondary N) is 1. The zero-order valence-corrected chi connectivity index (χ0v) is 11.1.